The van der Waals surface area contributed by atoms with Gasteiger partial charge in [0, 0.05) is 5.56 Å². The van der Waals surface area contributed by atoms with Crippen molar-refractivity contribution in [2.75, 3.05) is 0 Å². The van der Waals surface area contributed by atoms with Crippen LogP contribution in [0.4, 0.5) is 0 Å². The van der Waals surface area contributed by atoms with Crippen LogP contribution in [0.2, 0.25) is 0 Å². The average molecular weight is 230 g/mol. The molecule has 1 aromatic rings. The SMILES string of the molecule is O=C1NOc2ccccc2C1C1=CC=CON1. The molecule has 0 radical (unpaired) electrons. The van der Waals surface area contributed by atoms with Crippen LogP contribution < -0.4 is 15.8 Å². The van der Waals surface area contributed by atoms with Crippen LogP contribution in [0, 0.1) is 0 Å². The smallest absolute Gasteiger partial charge is 0.266 e. The number of benzene rings is 1. The number of amides is 1. The molecular weight excluding hydrogens is 220 g/mol. The van der Waals surface area contributed by atoms with Crippen molar-refractivity contribution < 1.29 is 14.5 Å². The van der Waals surface area contributed by atoms with Crippen molar-refractivity contribution in [1.29, 1.82) is 0 Å². The van der Waals surface area contributed by atoms with Gasteiger partial charge in [0.05, 0.1) is 5.70 Å². The predicted molar refractivity (Wildman–Crippen MR) is 59.4 cm³/mol. The summed E-state index contributed by atoms with van der Waals surface area (Å²) in [6, 6.07) is 7.39. The van der Waals surface area contributed by atoms with Gasteiger partial charge in [-0.05, 0) is 18.2 Å². The van der Waals surface area contributed by atoms with Crippen LogP contribution in [0.5, 0.6) is 5.75 Å². The Morgan fingerprint density at radius 2 is 2.06 bits per heavy atom. The second kappa shape index (κ2) is 3.86. The lowest BCUT2D eigenvalue weighted by atomic mass is 9.93. The molecule has 0 aliphatic carbocycles. The number of carbonyl (C=O) groups excluding carboxylic acids is 1. The minimum atomic E-state index is -0.440. The van der Waals surface area contributed by atoms with Crippen LogP contribution in [0.15, 0.2) is 48.4 Å². The zero-order valence-corrected chi connectivity index (χ0v) is 8.84. The molecule has 1 unspecified atom stereocenters. The summed E-state index contributed by atoms with van der Waals surface area (Å²) in [5.74, 6) is -0.0133. The quantitative estimate of drug-likeness (QED) is 0.759. The maximum atomic E-state index is 11.9. The molecule has 2 aliphatic heterocycles. The maximum absolute atomic E-state index is 11.9. The lowest BCUT2D eigenvalue weighted by Gasteiger charge is -2.27. The van der Waals surface area contributed by atoms with E-state index >= 15 is 0 Å². The Morgan fingerprint density at radius 1 is 1.18 bits per heavy atom. The molecule has 17 heavy (non-hydrogen) atoms. The van der Waals surface area contributed by atoms with E-state index in [0.717, 1.165) is 5.56 Å². The first-order valence-electron chi connectivity index (χ1n) is 5.20. The van der Waals surface area contributed by atoms with Crippen molar-refractivity contribution in [2.24, 2.45) is 0 Å². The minimum absolute atomic E-state index is 0.221. The molecule has 0 spiro atoms. The number of para-hydroxylation sites is 1. The van der Waals surface area contributed by atoms with Gasteiger partial charge in [0.1, 0.15) is 12.2 Å². The molecule has 0 saturated carbocycles. The van der Waals surface area contributed by atoms with Gasteiger partial charge >= 0.3 is 0 Å². The van der Waals surface area contributed by atoms with E-state index in [9.17, 15) is 4.79 Å². The van der Waals surface area contributed by atoms with Crippen LogP contribution >= 0.6 is 0 Å². The van der Waals surface area contributed by atoms with Gasteiger partial charge in [0.25, 0.3) is 5.91 Å². The van der Waals surface area contributed by atoms with Gasteiger partial charge < -0.3 is 9.68 Å². The highest BCUT2D eigenvalue weighted by molar-refractivity contribution is 5.88. The number of hydrogen-bond donors (Lipinski definition) is 2. The van der Waals surface area contributed by atoms with E-state index in [4.69, 9.17) is 9.68 Å². The molecule has 2 heterocycles. The minimum Gasteiger partial charge on any atom is -0.390 e. The Bertz CT molecular complexity index is 522. The molecule has 0 aromatic heterocycles. The first-order valence-corrected chi connectivity index (χ1v) is 5.20. The molecule has 1 atom stereocenters. The Kier molecular flexibility index (Phi) is 2.22. The van der Waals surface area contributed by atoms with Crippen molar-refractivity contribution in [1.82, 2.24) is 11.0 Å². The number of carbonyl (C=O) groups is 1. The lowest BCUT2D eigenvalue weighted by molar-refractivity contribution is -0.130. The topological polar surface area (TPSA) is 59.6 Å². The summed E-state index contributed by atoms with van der Waals surface area (Å²) in [6.45, 7) is 0. The summed E-state index contributed by atoms with van der Waals surface area (Å²) in [5.41, 5.74) is 6.60. The Morgan fingerprint density at radius 3 is 2.88 bits per heavy atom. The molecule has 0 bridgehead atoms. The number of hydrogen-bond acceptors (Lipinski definition) is 4. The molecule has 3 rings (SSSR count). The molecule has 1 aromatic carbocycles. The molecule has 2 N–H and O–H groups in total. The summed E-state index contributed by atoms with van der Waals surface area (Å²) in [5, 5.41) is 0. The van der Waals surface area contributed by atoms with Crippen LogP contribution in [-0.2, 0) is 9.63 Å². The highest BCUT2D eigenvalue weighted by Crippen LogP contribution is 2.34. The van der Waals surface area contributed by atoms with E-state index in [-0.39, 0.29) is 5.91 Å². The van der Waals surface area contributed by atoms with E-state index in [1.165, 1.54) is 6.26 Å². The van der Waals surface area contributed by atoms with E-state index in [1.54, 1.807) is 12.2 Å². The van der Waals surface area contributed by atoms with Gasteiger partial charge in [-0.3, -0.25) is 4.79 Å². The molecule has 1 amide bonds. The zero-order valence-electron chi connectivity index (χ0n) is 8.84. The molecule has 5 nitrogen and oxygen atoms in total. The monoisotopic (exact) mass is 230 g/mol. The van der Waals surface area contributed by atoms with Gasteiger partial charge in [-0.15, -0.1) is 0 Å². The van der Waals surface area contributed by atoms with Crippen LogP contribution in [0.25, 0.3) is 0 Å². The lowest BCUT2D eigenvalue weighted by Crippen LogP contribution is -2.40. The third kappa shape index (κ3) is 1.61. The van der Waals surface area contributed by atoms with Crippen molar-refractivity contribution in [2.45, 2.75) is 5.92 Å². The normalized spacial score (nSPS) is 21.3. The largest absolute Gasteiger partial charge is 0.390 e. The third-order valence-electron chi connectivity index (χ3n) is 2.66. The molecular formula is C12H10N2O3. The summed E-state index contributed by atoms with van der Waals surface area (Å²) >= 11 is 0. The first-order chi connectivity index (χ1) is 8.36. The van der Waals surface area contributed by atoms with Gasteiger partial charge in [-0.2, -0.15) is 5.48 Å². The third-order valence-corrected chi connectivity index (χ3v) is 2.66. The number of fused-ring (bicyclic) bond motifs is 1. The summed E-state index contributed by atoms with van der Waals surface area (Å²) in [7, 11) is 0. The zero-order chi connectivity index (χ0) is 11.7. The number of rotatable bonds is 1. The van der Waals surface area contributed by atoms with Gasteiger partial charge in [-0.25, -0.2) is 5.48 Å². The van der Waals surface area contributed by atoms with Crippen molar-refractivity contribution in [3.63, 3.8) is 0 Å². The highest BCUT2D eigenvalue weighted by atomic mass is 16.7. The molecule has 86 valence electrons. The Labute approximate surface area is 97.6 Å². The van der Waals surface area contributed by atoms with Crippen LogP contribution in [-0.4, -0.2) is 5.91 Å². The second-order valence-electron chi connectivity index (χ2n) is 3.71. The fourth-order valence-electron chi connectivity index (χ4n) is 1.90. The summed E-state index contributed by atoms with van der Waals surface area (Å²) in [6.07, 6.45) is 5.04. The maximum Gasteiger partial charge on any atom is 0.266 e. The van der Waals surface area contributed by atoms with Crippen LogP contribution in [0.1, 0.15) is 11.5 Å². The average Bonchev–Trinajstić information content (AvgIpc) is 2.39. The van der Waals surface area contributed by atoms with Crippen molar-refractivity contribution >= 4 is 5.91 Å². The van der Waals surface area contributed by atoms with Gasteiger partial charge in [-0.1, -0.05) is 18.2 Å². The van der Waals surface area contributed by atoms with E-state index in [0.29, 0.717) is 11.4 Å². The first kappa shape index (κ1) is 9.77. The Hall–Kier alpha value is -2.43. The van der Waals surface area contributed by atoms with Gasteiger partial charge in [0.15, 0.2) is 5.75 Å². The van der Waals surface area contributed by atoms with Crippen molar-refractivity contribution in [3.05, 3.63) is 53.9 Å². The number of allylic oxidation sites excluding steroid dienone is 2. The van der Waals surface area contributed by atoms with Crippen LogP contribution in [0.3, 0.4) is 0 Å². The predicted octanol–water partition coefficient (Wildman–Crippen LogP) is 1.13. The number of hydroxylamine groups is 2. The molecule has 2 aliphatic rings. The fraction of sp³-hybridized carbons (Fsp3) is 0.0833. The van der Waals surface area contributed by atoms with Gasteiger partial charge in [0.2, 0.25) is 0 Å². The number of nitrogens with one attached hydrogen (secondary N) is 2. The Balaban J connectivity index is 2.06. The second-order valence-corrected chi connectivity index (χ2v) is 3.71. The van der Waals surface area contributed by atoms with E-state index < -0.39 is 5.92 Å². The van der Waals surface area contributed by atoms with Crippen molar-refractivity contribution in [3.8, 4) is 5.75 Å². The molecule has 5 heteroatoms. The van der Waals surface area contributed by atoms with E-state index in [1.807, 2.05) is 24.3 Å². The molecule has 0 saturated heterocycles. The van der Waals surface area contributed by atoms with E-state index in [2.05, 4.69) is 11.0 Å². The molecule has 0 fully saturated rings. The highest BCUT2D eigenvalue weighted by Gasteiger charge is 2.32. The summed E-state index contributed by atoms with van der Waals surface area (Å²) < 4.78 is 0. The summed E-state index contributed by atoms with van der Waals surface area (Å²) in [4.78, 5) is 22.0. The standard InChI is InChI=1S/C12H10N2O3/c15-12-11(9-5-3-7-16-13-9)8-4-1-2-6-10(8)17-14-12/h1-7,11,13H,(H,14,15). The fourth-order valence-corrected chi connectivity index (χ4v) is 1.90.